The molecule has 0 aliphatic rings. The highest BCUT2D eigenvalue weighted by Gasteiger charge is 2.12. The molecule has 0 saturated heterocycles. The average molecular weight is 250 g/mol. The Morgan fingerprint density at radius 1 is 1.23 bits per heavy atom. The summed E-state index contributed by atoms with van der Waals surface area (Å²) in [4.78, 5) is 0. The van der Waals surface area contributed by atoms with Gasteiger partial charge in [0.15, 0.2) is 0 Å². The Kier molecular flexibility index (Phi) is 3.81. The van der Waals surface area contributed by atoms with Gasteiger partial charge in [0, 0.05) is 16.9 Å². The fourth-order valence-corrected chi connectivity index (χ4v) is 1.30. The van der Waals surface area contributed by atoms with Crippen molar-refractivity contribution in [3.63, 3.8) is 0 Å². The molecule has 0 saturated carbocycles. The van der Waals surface area contributed by atoms with Crippen LogP contribution in [0.15, 0.2) is 28.7 Å². The number of halogens is 3. The minimum absolute atomic E-state index is 0.290. The van der Waals surface area contributed by atoms with E-state index in [9.17, 15) is 8.78 Å². The molecule has 1 nitrogen and oxygen atoms in total. The second-order valence-corrected chi connectivity index (χ2v) is 3.70. The van der Waals surface area contributed by atoms with Crippen molar-refractivity contribution in [1.82, 2.24) is 0 Å². The van der Waals surface area contributed by atoms with Crippen molar-refractivity contribution in [2.24, 2.45) is 5.73 Å². The molecular weight excluding hydrogens is 240 g/mol. The molecule has 0 fully saturated rings. The topological polar surface area (TPSA) is 26.0 Å². The van der Waals surface area contributed by atoms with Gasteiger partial charge in [-0.05, 0) is 17.7 Å². The summed E-state index contributed by atoms with van der Waals surface area (Å²) in [5.74, 6) is 0. The second-order valence-electron chi connectivity index (χ2n) is 2.78. The predicted molar refractivity (Wildman–Crippen MR) is 51.7 cm³/mol. The summed E-state index contributed by atoms with van der Waals surface area (Å²) < 4.78 is 24.8. The van der Waals surface area contributed by atoms with Crippen LogP contribution in [0.1, 0.15) is 18.0 Å². The predicted octanol–water partition coefficient (Wildman–Crippen LogP) is 3.10. The van der Waals surface area contributed by atoms with Gasteiger partial charge in [0.2, 0.25) is 6.43 Å². The molecule has 0 bridgehead atoms. The quantitative estimate of drug-likeness (QED) is 0.876. The van der Waals surface area contributed by atoms with Crippen LogP contribution in [0.2, 0.25) is 0 Å². The van der Waals surface area contributed by atoms with Crippen LogP contribution in [0.4, 0.5) is 8.78 Å². The highest BCUT2D eigenvalue weighted by Crippen LogP contribution is 2.19. The molecule has 13 heavy (non-hydrogen) atoms. The molecule has 0 amide bonds. The van der Waals surface area contributed by atoms with Gasteiger partial charge >= 0.3 is 0 Å². The molecule has 4 heteroatoms. The van der Waals surface area contributed by atoms with Gasteiger partial charge in [0.05, 0.1) is 0 Å². The number of nitrogens with two attached hydrogens (primary N) is 1. The second kappa shape index (κ2) is 4.67. The summed E-state index contributed by atoms with van der Waals surface area (Å²) >= 11 is 3.26. The van der Waals surface area contributed by atoms with Gasteiger partial charge < -0.3 is 5.73 Å². The molecule has 1 atom stereocenters. The van der Waals surface area contributed by atoms with E-state index in [4.69, 9.17) is 5.73 Å². The first-order chi connectivity index (χ1) is 6.09. The third-order valence-corrected chi connectivity index (χ3v) is 2.26. The first-order valence-corrected chi connectivity index (χ1v) is 4.68. The van der Waals surface area contributed by atoms with Gasteiger partial charge in [0.25, 0.3) is 0 Å². The number of rotatable bonds is 3. The average Bonchev–Trinajstić information content (AvgIpc) is 2.04. The van der Waals surface area contributed by atoms with Crippen LogP contribution in [-0.4, -0.2) is 6.43 Å². The van der Waals surface area contributed by atoms with Crippen molar-refractivity contribution in [1.29, 1.82) is 0 Å². The molecule has 0 spiro atoms. The summed E-state index contributed by atoms with van der Waals surface area (Å²) in [6.07, 6.45) is -2.64. The number of hydrogen-bond donors (Lipinski definition) is 1. The van der Waals surface area contributed by atoms with Gasteiger partial charge in [0.1, 0.15) is 0 Å². The molecule has 72 valence electrons. The first-order valence-electron chi connectivity index (χ1n) is 3.89. The molecule has 1 rings (SSSR count). The SMILES string of the molecule is N[C@@H](CC(F)F)c1ccc(Br)cc1. The Balaban J connectivity index is 2.66. The molecule has 0 aromatic heterocycles. The van der Waals surface area contributed by atoms with Crippen LogP contribution in [0, 0.1) is 0 Å². The van der Waals surface area contributed by atoms with Gasteiger partial charge in [-0.3, -0.25) is 0 Å². The number of benzene rings is 1. The van der Waals surface area contributed by atoms with E-state index in [0.29, 0.717) is 0 Å². The maximum atomic E-state index is 12.0. The summed E-state index contributed by atoms with van der Waals surface area (Å²) in [6.45, 7) is 0. The van der Waals surface area contributed by atoms with Crippen LogP contribution in [0.25, 0.3) is 0 Å². The third kappa shape index (κ3) is 3.40. The highest BCUT2D eigenvalue weighted by molar-refractivity contribution is 9.10. The molecule has 1 aromatic rings. The zero-order valence-corrected chi connectivity index (χ0v) is 8.47. The van der Waals surface area contributed by atoms with E-state index in [1.807, 2.05) is 0 Å². The molecule has 2 N–H and O–H groups in total. The lowest BCUT2D eigenvalue weighted by atomic mass is 10.1. The lowest BCUT2D eigenvalue weighted by Crippen LogP contribution is -2.13. The Hall–Kier alpha value is -0.480. The van der Waals surface area contributed by atoms with E-state index >= 15 is 0 Å². The zero-order valence-electron chi connectivity index (χ0n) is 6.88. The van der Waals surface area contributed by atoms with Crippen LogP contribution < -0.4 is 5.73 Å². The monoisotopic (exact) mass is 249 g/mol. The van der Waals surface area contributed by atoms with E-state index in [1.165, 1.54) is 0 Å². The summed E-state index contributed by atoms with van der Waals surface area (Å²) in [6, 6.07) is 6.50. The van der Waals surface area contributed by atoms with Crippen LogP contribution in [0.3, 0.4) is 0 Å². The largest absolute Gasteiger partial charge is 0.324 e. The standard InChI is InChI=1S/C9H10BrF2N/c10-7-3-1-6(2-4-7)8(13)5-9(11)12/h1-4,8-9H,5,13H2/t8-/m0/s1. The minimum atomic E-state index is -2.35. The molecule has 0 aliphatic carbocycles. The van der Waals surface area contributed by atoms with Crippen LogP contribution >= 0.6 is 15.9 Å². The van der Waals surface area contributed by atoms with Crippen molar-refractivity contribution < 1.29 is 8.78 Å². The fraction of sp³-hybridized carbons (Fsp3) is 0.333. The van der Waals surface area contributed by atoms with Gasteiger partial charge in [-0.25, -0.2) is 8.78 Å². The lowest BCUT2D eigenvalue weighted by Gasteiger charge is -2.10. The Morgan fingerprint density at radius 3 is 2.23 bits per heavy atom. The van der Waals surface area contributed by atoms with Crippen LogP contribution in [-0.2, 0) is 0 Å². The van der Waals surface area contributed by atoms with Crippen LogP contribution in [0.5, 0.6) is 0 Å². The fourth-order valence-electron chi connectivity index (χ4n) is 1.04. The van der Waals surface area contributed by atoms with Crippen molar-refractivity contribution >= 4 is 15.9 Å². The maximum absolute atomic E-state index is 12.0. The molecule has 0 radical (unpaired) electrons. The summed E-state index contributed by atoms with van der Waals surface area (Å²) in [5.41, 5.74) is 6.29. The highest BCUT2D eigenvalue weighted by atomic mass is 79.9. The molecule has 0 aliphatic heterocycles. The van der Waals surface area contributed by atoms with Gasteiger partial charge in [-0.2, -0.15) is 0 Å². The molecule has 0 heterocycles. The molecule has 0 unspecified atom stereocenters. The maximum Gasteiger partial charge on any atom is 0.240 e. The molecule has 1 aromatic carbocycles. The lowest BCUT2D eigenvalue weighted by molar-refractivity contribution is 0.128. The zero-order chi connectivity index (χ0) is 9.84. The number of alkyl halides is 2. The Labute approximate surface area is 84.1 Å². The van der Waals surface area contributed by atoms with Crippen molar-refractivity contribution in [2.45, 2.75) is 18.9 Å². The first kappa shape index (κ1) is 10.6. The smallest absolute Gasteiger partial charge is 0.240 e. The summed E-state index contributed by atoms with van der Waals surface area (Å²) in [7, 11) is 0. The normalized spacial score (nSPS) is 13.3. The minimum Gasteiger partial charge on any atom is -0.324 e. The third-order valence-electron chi connectivity index (χ3n) is 1.73. The van der Waals surface area contributed by atoms with Crippen molar-refractivity contribution in [3.05, 3.63) is 34.3 Å². The Morgan fingerprint density at radius 2 is 1.77 bits per heavy atom. The van der Waals surface area contributed by atoms with Gasteiger partial charge in [-0.1, -0.05) is 28.1 Å². The Bertz CT molecular complexity index is 261. The van der Waals surface area contributed by atoms with Gasteiger partial charge in [-0.15, -0.1) is 0 Å². The van der Waals surface area contributed by atoms with E-state index in [-0.39, 0.29) is 6.42 Å². The van der Waals surface area contributed by atoms with E-state index in [1.54, 1.807) is 24.3 Å². The van der Waals surface area contributed by atoms with E-state index in [2.05, 4.69) is 15.9 Å². The van der Waals surface area contributed by atoms with Crippen molar-refractivity contribution in [2.75, 3.05) is 0 Å². The summed E-state index contributed by atoms with van der Waals surface area (Å²) in [5, 5.41) is 0. The van der Waals surface area contributed by atoms with E-state index in [0.717, 1.165) is 10.0 Å². The number of hydrogen-bond acceptors (Lipinski definition) is 1. The van der Waals surface area contributed by atoms with Crippen molar-refractivity contribution in [3.8, 4) is 0 Å². The van der Waals surface area contributed by atoms with E-state index < -0.39 is 12.5 Å². The molecular formula is C9H10BrF2N.